The molecule has 1 amide bonds. The molecule has 1 aromatic heterocycles. The van der Waals surface area contributed by atoms with Crippen LogP contribution in [-0.4, -0.2) is 25.7 Å². The second kappa shape index (κ2) is 8.44. The fraction of sp³-hybridized carbons (Fsp3) is 0.440. The van der Waals surface area contributed by atoms with E-state index in [9.17, 15) is 15.0 Å². The zero-order chi connectivity index (χ0) is 21.5. The first kappa shape index (κ1) is 23.0. The molecule has 3 N–H and O–H groups in total. The number of nitrogens with one attached hydrogen (secondary N) is 1. The van der Waals surface area contributed by atoms with Crippen molar-refractivity contribution in [1.82, 2.24) is 9.55 Å². The van der Waals surface area contributed by atoms with Gasteiger partial charge in [-0.2, -0.15) is 0 Å². The molecule has 31 heavy (non-hydrogen) atoms. The number of nitrogens with zero attached hydrogens (tertiary/aromatic N) is 2. The normalized spacial score (nSPS) is 16.3. The molecule has 6 heteroatoms. The lowest BCUT2D eigenvalue weighted by atomic mass is 9.92. The monoisotopic (exact) mass is 423 g/mol. The van der Waals surface area contributed by atoms with Crippen molar-refractivity contribution < 1.29 is 15.0 Å². The Morgan fingerprint density at radius 1 is 1.10 bits per heavy atom. The van der Waals surface area contributed by atoms with Crippen molar-refractivity contribution in [3.05, 3.63) is 59.7 Å². The van der Waals surface area contributed by atoms with E-state index in [0.29, 0.717) is 11.5 Å². The summed E-state index contributed by atoms with van der Waals surface area (Å²) in [5, 5.41) is 24.2. The van der Waals surface area contributed by atoms with Crippen LogP contribution in [0, 0.1) is 0 Å². The number of hydrogen-bond donors (Lipinski definition) is 3. The quantitative estimate of drug-likeness (QED) is 0.528. The maximum Gasteiger partial charge on any atom is 0.229 e. The Balaban J connectivity index is 0.00000272. The molecule has 1 aliphatic carbocycles. The lowest BCUT2D eigenvalue weighted by Gasteiger charge is -2.29. The topological polar surface area (TPSA) is 87.4 Å². The molecule has 4 rings (SSSR count). The second-order valence-corrected chi connectivity index (χ2v) is 9.02. The third-order valence-corrected chi connectivity index (χ3v) is 5.99. The maximum absolute atomic E-state index is 12.8. The third-order valence-electron chi connectivity index (χ3n) is 5.99. The van der Waals surface area contributed by atoms with E-state index in [2.05, 4.69) is 14.9 Å². The van der Waals surface area contributed by atoms with Crippen molar-refractivity contribution >= 4 is 22.9 Å². The summed E-state index contributed by atoms with van der Waals surface area (Å²) < 4.78 is 2.07. The number of imidazole rings is 1. The van der Waals surface area contributed by atoms with Gasteiger partial charge in [0.1, 0.15) is 0 Å². The van der Waals surface area contributed by atoms with Gasteiger partial charge in [0.15, 0.2) is 0 Å². The number of fused-ring (bicyclic) bond motifs is 1. The summed E-state index contributed by atoms with van der Waals surface area (Å²) in [5.74, 6) is 0.207. The lowest BCUT2D eigenvalue weighted by Crippen LogP contribution is -2.30. The highest BCUT2D eigenvalue weighted by atomic mass is 16.3. The van der Waals surface area contributed by atoms with Gasteiger partial charge in [-0.05, 0) is 63.3 Å². The van der Waals surface area contributed by atoms with E-state index in [1.807, 2.05) is 48.5 Å². The zero-order valence-corrected chi connectivity index (χ0v) is 17.7. The molecule has 1 saturated carbocycles. The number of anilines is 1. The van der Waals surface area contributed by atoms with Gasteiger partial charge in [-0.3, -0.25) is 10.1 Å². The summed E-state index contributed by atoms with van der Waals surface area (Å²) in [6, 6.07) is 15.2. The van der Waals surface area contributed by atoms with Gasteiger partial charge >= 0.3 is 0 Å². The molecule has 0 bridgehead atoms. The highest BCUT2D eigenvalue weighted by molar-refractivity contribution is 5.92. The molecule has 2 aromatic carbocycles. The molecule has 0 radical (unpaired) electrons. The van der Waals surface area contributed by atoms with E-state index in [1.165, 1.54) is 0 Å². The number of carbonyl (C=O) groups is 1. The molecule has 1 heterocycles. The van der Waals surface area contributed by atoms with Crippen molar-refractivity contribution in [3.8, 4) is 0 Å². The minimum atomic E-state index is -1.27. The molecular formula is C25H33N3O3. The predicted octanol–water partition coefficient (Wildman–Crippen LogP) is 4.86. The van der Waals surface area contributed by atoms with Crippen LogP contribution < -0.4 is 5.32 Å². The van der Waals surface area contributed by atoms with Gasteiger partial charge in [0.25, 0.3) is 0 Å². The van der Waals surface area contributed by atoms with Gasteiger partial charge in [-0.15, -0.1) is 0 Å². The van der Waals surface area contributed by atoms with Crippen LogP contribution >= 0.6 is 0 Å². The number of benzene rings is 2. The smallest absolute Gasteiger partial charge is 0.229 e. The van der Waals surface area contributed by atoms with Crippen molar-refractivity contribution in [2.45, 2.75) is 71.1 Å². The predicted molar refractivity (Wildman–Crippen MR) is 124 cm³/mol. The largest absolute Gasteiger partial charge is 0.386 e. The van der Waals surface area contributed by atoms with Crippen LogP contribution in [-0.2, 0) is 16.0 Å². The summed E-state index contributed by atoms with van der Waals surface area (Å²) in [6.45, 7) is 5.16. The van der Waals surface area contributed by atoms with Crippen LogP contribution in [0.15, 0.2) is 48.5 Å². The Morgan fingerprint density at radius 3 is 2.35 bits per heavy atom. The number of aliphatic hydroxyl groups is 2. The Morgan fingerprint density at radius 2 is 1.77 bits per heavy atom. The Hall–Kier alpha value is -2.70. The molecule has 1 atom stereocenters. The summed E-state index contributed by atoms with van der Waals surface area (Å²) in [7, 11) is 0. The van der Waals surface area contributed by atoms with Crippen LogP contribution in [0.4, 0.5) is 5.95 Å². The van der Waals surface area contributed by atoms with Gasteiger partial charge in [-0.1, -0.05) is 43.8 Å². The molecule has 0 spiro atoms. The molecule has 6 nitrogen and oxygen atoms in total. The van der Waals surface area contributed by atoms with E-state index < -0.39 is 11.2 Å². The van der Waals surface area contributed by atoms with Crippen LogP contribution in [0.5, 0.6) is 0 Å². The third kappa shape index (κ3) is 4.65. The first-order chi connectivity index (χ1) is 14.1. The number of rotatable bonds is 6. The fourth-order valence-electron chi connectivity index (χ4n) is 3.96. The molecule has 1 aliphatic rings. The Kier molecular flexibility index (Phi) is 6.25. The van der Waals surface area contributed by atoms with Crippen molar-refractivity contribution in [3.63, 3.8) is 0 Å². The minimum Gasteiger partial charge on any atom is -0.386 e. The molecule has 166 valence electrons. The van der Waals surface area contributed by atoms with Crippen LogP contribution in [0.2, 0.25) is 0 Å². The fourth-order valence-corrected chi connectivity index (χ4v) is 3.96. The average molecular weight is 424 g/mol. The maximum atomic E-state index is 12.8. The lowest BCUT2D eigenvalue weighted by molar-refractivity contribution is -0.120. The SMILES string of the molecule is C.CC(C)(O)c1ccc2nc(NC(=O)C[C@](C)(O)c3ccccc3)n(C3CCC3)c2c1. The zero-order valence-electron chi connectivity index (χ0n) is 17.7. The second-order valence-electron chi connectivity index (χ2n) is 9.02. The van der Waals surface area contributed by atoms with Gasteiger partial charge in [0.2, 0.25) is 11.9 Å². The van der Waals surface area contributed by atoms with Crippen molar-refractivity contribution in [1.29, 1.82) is 0 Å². The van der Waals surface area contributed by atoms with E-state index in [0.717, 1.165) is 35.9 Å². The number of carbonyl (C=O) groups excluding carboxylic acids is 1. The summed E-state index contributed by atoms with van der Waals surface area (Å²) in [6.07, 6.45) is 3.14. The molecular weight excluding hydrogens is 390 g/mol. The number of hydrogen-bond acceptors (Lipinski definition) is 4. The van der Waals surface area contributed by atoms with Crippen molar-refractivity contribution in [2.75, 3.05) is 5.32 Å². The van der Waals surface area contributed by atoms with E-state index in [-0.39, 0.29) is 25.8 Å². The molecule has 0 aliphatic heterocycles. The van der Waals surface area contributed by atoms with Gasteiger partial charge in [0.05, 0.1) is 28.7 Å². The van der Waals surface area contributed by atoms with Crippen LogP contribution in [0.25, 0.3) is 11.0 Å². The molecule has 0 saturated heterocycles. The summed E-state index contributed by atoms with van der Waals surface area (Å²) >= 11 is 0. The Labute approximate surface area is 183 Å². The molecule has 1 fully saturated rings. The highest BCUT2D eigenvalue weighted by Crippen LogP contribution is 2.38. The Bertz CT molecular complexity index is 1060. The van der Waals surface area contributed by atoms with E-state index >= 15 is 0 Å². The average Bonchev–Trinajstić information content (AvgIpc) is 2.97. The van der Waals surface area contributed by atoms with Crippen LogP contribution in [0.1, 0.15) is 71.0 Å². The first-order valence-electron chi connectivity index (χ1n) is 10.5. The minimum absolute atomic E-state index is 0. The summed E-state index contributed by atoms with van der Waals surface area (Å²) in [4.78, 5) is 17.5. The van der Waals surface area contributed by atoms with E-state index in [4.69, 9.17) is 0 Å². The summed E-state index contributed by atoms with van der Waals surface area (Å²) in [5.41, 5.74) is 0.959. The molecule has 3 aromatic rings. The standard InChI is InChI=1S/C24H29N3O3.CH4/c1-23(2,29)17-12-13-19-20(14-17)27(18-10-7-11-18)22(25-19)26-21(28)15-24(3,30)16-8-5-4-6-9-16;/h4-6,8-9,12-14,18,29-30H,7,10-11,15H2,1-3H3,(H,25,26,28);1H4/t24-;/m0./s1. The van der Waals surface area contributed by atoms with E-state index in [1.54, 1.807) is 20.8 Å². The highest BCUT2D eigenvalue weighted by Gasteiger charge is 2.30. The first-order valence-corrected chi connectivity index (χ1v) is 10.5. The number of amides is 1. The van der Waals surface area contributed by atoms with Gasteiger partial charge < -0.3 is 14.8 Å². The van der Waals surface area contributed by atoms with Crippen molar-refractivity contribution in [2.24, 2.45) is 0 Å². The van der Waals surface area contributed by atoms with Gasteiger partial charge in [-0.25, -0.2) is 4.98 Å². The van der Waals surface area contributed by atoms with Crippen LogP contribution in [0.3, 0.4) is 0 Å². The van der Waals surface area contributed by atoms with Gasteiger partial charge in [0, 0.05) is 6.04 Å². The number of aromatic nitrogens is 2. The molecule has 0 unspecified atom stereocenters.